The third kappa shape index (κ3) is 5.47. The molecule has 5 nitrogen and oxygen atoms in total. The van der Waals surface area contributed by atoms with E-state index in [4.69, 9.17) is 0 Å². The molecule has 4 aromatic heterocycles. The van der Waals surface area contributed by atoms with Gasteiger partial charge in [0, 0.05) is 80.7 Å². The van der Waals surface area contributed by atoms with Crippen LogP contribution in [0.15, 0.2) is 212 Å². The predicted molar refractivity (Wildman–Crippen MR) is 283 cm³/mol. The second-order valence-corrected chi connectivity index (χ2v) is 18.6. The number of hydrogen-bond acceptors (Lipinski definition) is 3. The summed E-state index contributed by atoms with van der Waals surface area (Å²) in [6.45, 7) is 0. The van der Waals surface area contributed by atoms with E-state index in [0.717, 1.165) is 77.8 Å². The minimum atomic E-state index is 0.575. The summed E-state index contributed by atoms with van der Waals surface area (Å²) < 4.78 is 9.76. The Morgan fingerprint density at radius 3 is 1.66 bits per heavy atom. The van der Waals surface area contributed by atoms with Crippen molar-refractivity contribution in [2.24, 2.45) is 0 Å². The maximum Gasteiger partial charge on any atom is 0.100 e. The molecule has 0 N–H and O–H groups in total. The van der Waals surface area contributed by atoms with Gasteiger partial charge in [-0.25, -0.2) is 0 Å². The van der Waals surface area contributed by atoms with Gasteiger partial charge in [0.15, 0.2) is 0 Å². The Morgan fingerprint density at radius 1 is 0.338 bits per heavy atom. The van der Waals surface area contributed by atoms with Crippen molar-refractivity contribution in [2.75, 3.05) is 0 Å². The van der Waals surface area contributed by atoms with Crippen molar-refractivity contribution >= 4 is 96.9 Å². The van der Waals surface area contributed by atoms with E-state index in [9.17, 15) is 10.5 Å². The van der Waals surface area contributed by atoms with Gasteiger partial charge >= 0.3 is 0 Å². The molecule has 68 heavy (non-hydrogen) atoms. The van der Waals surface area contributed by atoms with E-state index in [0.29, 0.717) is 11.1 Å². The van der Waals surface area contributed by atoms with Gasteiger partial charge in [-0.3, -0.25) is 0 Å². The standard InChI is InChI=1S/C62H35N5S/c63-36-38-25-27-39(28-26-38)44-19-12-20-45(53(44)37-64)40-31-42(33-43(32-40)66-54-21-8-5-16-47(54)51-34-52-48-17-7-11-24-59(48)68-60(52)35-58(51)66)65-56-23-10-6-18-50(56)61-57(65)30-29-49-46-15-4-9-22-55(46)67(62(49)61)41-13-2-1-3-14-41/h1-35H. The van der Waals surface area contributed by atoms with E-state index in [2.05, 4.69) is 202 Å². The summed E-state index contributed by atoms with van der Waals surface area (Å²) in [5.74, 6) is 0. The summed E-state index contributed by atoms with van der Waals surface area (Å²) in [5, 5.41) is 30.4. The Hall–Kier alpha value is -9.20. The van der Waals surface area contributed by atoms with Crippen LogP contribution in [0.3, 0.4) is 0 Å². The topological polar surface area (TPSA) is 62.4 Å². The van der Waals surface area contributed by atoms with Crippen molar-refractivity contribution in [3.8, 4) is 51.5 Å². The first-order valence-electron chi connectivity index (χ1n) is 22.7. The Labute approximate surface area is 394 Å². The number of fused-ring (bicyclic) bond motifs is 13. The van der Waals surface area contributed by atoms with Gasteiger partial charge in [-0.05, 0) is 96.1 Å². The second-order valence-electron chi connectivity index (χ2n) is 17.5. The van der Waals surface area contributed by atoms with Gasteiger partial charge in [0.1, 0.15) is 6.07 Å². The van der Waals surface area contributed by atoms with Crippen LogP contribution in [0.1, 0.15) is 11.1 Å². The predicted octanol–water partition coefficient (Wildman–Crippen LogP) is 16.4. The number of nitriles is 2. The number of hydrogen-bond donors (Lipinski definition) is 0. The van der Waals surface area contributed by atoms with Gasteiger partial charge in [0.2, 0.25) is 0 Å². The van der Waals surface area contributed by atoms with Crippen LogP contribution >= 0.6 is 11.3 Å². The van der Waals surface area contributed by atoms with Crippen LogP contribution in [0.25, 0.3) is 125 Å². The third-order valence-electron chi connectivity index (χ3n) is 13.9. The first-order chi connectivity index (χ1) is 33.6. The lowest BCUT2D eigenvalue weighted by atomic mass is 9.91. The molecular formula is C62H35N5S. The maximum absolute atomic E-state index is 11.1. The number of para-hydroxylation sites is 4. The summed E-state index contributed by atoms with van der Waals surface area (Å²) in [7, 11) is 0. The molecule has 0 amide bonds. The first-order valence-corrected chi connectivity index (χ1v) is 23.5. The first kappa shape index (κ1) is 38.1. The minimum Gasteiger partial charge on any atom is -0.309 e. The molecule has 0 saturated carbocycles. The Morgan fingerprint density at radius 2 is 0.941 bits per heavy atom. The van der Waals surface area contributed by atoms with E-state index in [-0.39, 0.29) is 0 Å². The number of aromatic nitrogens is 3. The number of benzene rings is 10. The van der Waals surface area contributed by atoms with E-state index in [1.807, 2.05) is 47.7 Å². The monoisotopic (exact) mass is 881 g/mol. The summed E-state index contributed by atoms with van der Waals surface area (Å²) in [4.78, 5) is 0. The fourth-order valence-corrected chi connectivity index (χ4v) is 12.1. The largest absolute Gasteiger partial charge is 0.309 e. The Bertz CT molecular complexity index is 4510. The van der Waals surface area contributed by atoms with Gasteiger partial charge in [-0.1, -0.05) is 127 Å². The molecule has 0 saturated heterocycles. The number of thiophene rings is 1. The van der Waals surface area contributed by atoms with Crippen molar-refractivity contribution in [1.29, 1.82) is 10.5 Å². The lowest BCUT2D eigenvalue weighted by Crippen LogP contribution is -2.01. The van der Waals surface area contributed by atoms with Crippen molar-refractivity contribution in [3.63, 3.8) is 0 Å². The van der Waals surface area contributed by atoms with Crippen molar-refractivity contribution < 1.29 is 0 Å². The van der Waals surface area contributed by atoms with Crippen LogP contribution in [0, 0.1) is 22.7 Å². The average molecular weight is 882 g/mol. The summed E-state index contributed by atoms with van der Waals surface area (Å²) in [6.07, 6.45) is 0. The minimum absolute atomic E-state index is 0.575. The summed E-state index contributed by atoms with van der Waals surface area (Å²) in [6, 6.07) is 80.1. The highest BCUT2D eigenvalue weighted by molar-refractivity contribution is 7.25. The quantitative estimate of drug-likeness (QED) is 0.173. The highest BCUT2D eigenvalue weighted by Crippen LogP contribution is 2.45. The normalized spacial score (nSPS) is 11.8. The van der Waals surface area contributed by atoms with Crippen LogP contribution in [0.4, 0.5) is 0 Å². The van der Waals surface area contributed by atoms with Gasteiger partial charge in [-0.15, -0.1) is 11.3 Å². The van der Waals surface area contributed by atoms with Gasteiger partial charge in [0.05, 0.1) is 50.3 Å². The summed E-state index contributed by atoms with van der Waals surface area (Å²) in [5.41, 5.74) is 14.4. The van der Waals surface area contributed by atoms with Gasteiger partial charge < -0.3 is 13.7 Å². The average Bonchev–Trinajstić information content (AvgIpc) is 4.14. The zero-order chi connectivity index (χ0) is 45.0. The number of nitrogens with zero attached hydrogens (tertiary/aromatic N) is 5. The second kappa shape index (κ2) is 14.7. The lowest BCUT2D eigenvalue weighted by Gasteiger charge is -2.17. The SMILES string of the molecule is N#Cc1ccc(-c2cccc(-c3cc(-n4c5ccccc5c5cc6c(cc54)sc4ccccc46)cc(-n4c5ccccc5c5c4ccc4c6ccccc6n(-c6ccccc6)c45)c3)c2C#N)cc1. The van der Waals surface area contributed by atoms with Gasteiger partial charge in [0.25, 0.3) is 0 Å². The molecule has 0 atom stereocenters. The van der Waals surface area contributed by atoms with E-state index < -0.39 is 0 Å². The molecule has 0 radical (unpaired) electrons. The molecule has 6 heteroatoms. The highest BCUT2D eigenvalue weighted by atomic mass is 32.1. The van der Waals surface area contributed by atoms with Crippen LogP contribution in [0.5, 0.6) is 0 Å². The molecule has 4 heterocycles. The highest BCUT2D eigenvalue weighted by Gasteiger charge is 2.23. The molecule has 0 unspecified atom stereocenters. The van der Waals surface area contributed by atoms with Crippen molar-refractivity contribution in [1.82, 2.24) is 13.7 Å². The van der Waals surface area contributed by atoms with Crippen LogP contribution in [-0.4, -0.2) is 13.7 Å². The smallest absolute Gasteiger partial charge is 0.100 e. The Balaban J connectivity index is 1.11. The zero-order valence-corrected chi connectivity index (χ0v) is 37.2. The lowest BCUT2D eigenvalue weighted by molar-refractivity contribution is 1.13. The van der Waals surface area contributed by atoms with Crippen LogP contribution < -0.4 is 0 Å². The third-order valence-corrected chi connectivity index (χ3v) is 15.0. The van der Waals surface area contributed by atoms with Gasteiger partial charge in [-0.2, -0.15) is 10.5 Å². The van der Waals surface area contributed by atoms with Crippen LogP contribution in [-0.2, 0) is 0 Å². The molecule has 0 aliphatic carbocycles. The van der Waals surface area contributed by atoms with Crippen molar-refractivity contribution in [2.45, 2.75) is 0 Å². The van der Waals surface area contributed by atoms with E-state index in [1.54, 1.807) is 0 Å². The zero-order valence-electron chi connectivity index (χ0n) is 36.4. The molecule has 0 fully saturated rings. The molecule has 14 rings (SSSR count). The molecule has 0 aliphatic heterocycles. The van der Waals surface area contributed by atoms with Crippen LogP contribution in [0.2, 0.25) is 0 Å². The van der Waals surface area contributed by atoms with E-state index >= 15 is 0 Å². The van der Waals surface area contributed by atoms with E-state index in [1.165, 1.54) is 47.1 Å². The molecule has 0 spiro atoms. The molecule has 10 aromatic carbocycles. The fraction of sp³-hybridized carbons (Fsp3) is 0. The summed E-state index contributed by atoms with van der Waals surface area (Å²) >= 11 is 1.83. The maximum atomic E-state index is 11.1. The molecule has 0 bridgehead atoms. The molecular weight excluding hydrogens is 847 g/mol. The molecule has 314 valence electrons. The molecule has 14 aromatic rings. The number of rotatable bonds is 5. The molecule has 0 aliphatic rings. The van der Waals surface area contributed by atoms with Crippen molar-refractivity contribution in [3.05, 3.63) is 223 Å². The fourth-order valence-electron chi connectivity index (χ4n) is 11.0. The Kier molecular flexibility index (Phi) is 8.21.